The van der Waals surface area contributed by atoms with Gasteiger partial charge in [0.05, 0.1) is 5.56 Å². The normalized spacial score (nSPS) is 21.2. The lowest BCUT2D eigenvalue weighted by Crippen LogP contribution is -2.43. The highest BCUT2D eigenvalue weighted by Crippen LogP contribution is 2.23. The second-order valence-corrected chi connectivity index (χ2v) is 5.90. The lowest BCUT2D eigenvalue weighted by atomic mass is 9.86. The van der Waals surface area contributed by atoms with Gasteiger partial charge in [-0.05, 0) is 24.8 Å². The molecule has 2 N–H and O–H groups in total. The van der Waals surface area contributed by atoms with Crippen molar-refractivity contribution >= 4 is 11.8 Å². The number of carbonyl (C=O) groups is 2. The molecule has 2 atom stereocenters. The van der Waals surface area contributed by atoms with Gasteiger partial charge in [-0.25, -0.2) is 0 Å². The third-order valence-corrected chi connectivity index (χ3v) is 4.24. The number of aromatic nitrogens is 1. The van der Waals surface area contributed by atoms with Gasteiger partial charge in [-0.1, -0.05) is 19.8 Å². The maximum atomic E-state index is 12.2. The molecule has 0 aromatic carbocycles. The summed E-state index contributed by atoms with van der Waals surface area (Å²) in [7, 11) is 1.52. The largest absolute Gasteiger partial charge is 0.355 e. The monoisotopic (exact) mass is 305 g/mol. The summed E-state index contributed by atoms with van der Waals surface area (Å²) in [5.41, 5.74) is 0.0698. The predicted octanol–water partition coefficient (Wildman–Crippen LogP) is 0.903. The second kappa shape index (κ2) is 7.24. The van der Waals surface area contributed by atoms with Crippen LogP contribution in [0.5, 0.6) is 0 Å². The lowest BCUT2D eigenvalue weighted by Gasteiger charge is -2.29. The summed E-state index contributed by atoms with van der Waals surface area (Å²) < 4.78 is 1.27. The number of nitrogens with one attached hydrogen (secondary N) is 2. The second-order valence-electron chi connectivity index (χ2n) is 5.90. The molecule has 1 aliphatic carbocycles. The Labute approximate surface area is 129 Å². The topological polar surface area (TPSA) is 80.2 Å². The van der Waals surface area contributed by atoms with Gasteiger partial charge in [-0.15, -0.1) is 0 Å². The molecule has 1 aromatic rings. The van der Waals surface area contributed by atoms with Crippen molar-refractivity contribution in [1.29, 1.82) is 0 Å². The molecule has 120 valence electrons. The minimum atomic E-state index is -0.292. The maximum Gasteiger partial charge on any atom is 0.252 e. The van der Waals surface area contributed by atoms with E-state index in [0.29, 0.717) is 11.5 Å². The molecule has 1 aliphatic rings. The first-order valence-corrected chi connectivity index (χ1v) is 7.73. The lowest BCUT2D eigenvalue weighted by molar-refractivity contribution is -0.123. The van der Waals surface area contributed by atoms with Crippen LogP contribution in [0.15, 0.2) is 23.1 Å². The van der Waals surface area contributed by atoms with Gasteiger partial charge in [0.25, 0.3) is 11.5 Å². The Hall–Kier alpha value is -2.11. The van der Waals surface area contributed by atoms with Crippen LogP contribution >= 0.6 is 0 Å². The van der Waals surface area contributed by atoms with Crippen LogP contribution in [-0.2, 0) is 11.3 Å². The Balaban J connectivity index is 2.04. The zero-order valence-electron chi connectivity index (χ0n) is 13.1. The fourth-order valence-electron chi connectivity index (χ4n) is 2.87. The zero-order valence-corrected chi connectivity index (χ0v) is 13.1. The molecule has 2 unspecified atom stereocenters. The Kier molecular flexibility index (Phi) is 5.35. The van der Waals surface area contributed by atoms with Crippen molar-refractivity contribution in [2.75, 3.05) is 7.05 Å². The summed E-state index contributed by atoms with van der Waals surface area (Å²) in [4.78, 5) is 35.6. The molecular weight excluding hydrogens is 282 g/mol. The smallest absolute Gasteiger partial charge is 0.252 e. The minimum Gasteiger partial charge on any atom is -0.355 e. The number of nitrogens with zero attached hydrogens (tertiary/aromatic N) is 1. The molecule has 22 heavy (non-hydrogen) atoms. The molecule has 1 saturated carbocycles. The van der Waals surface area contributed by atoms with Crippen LogP contribution in [0.1, 0.15) is 43.0 Å². The highest BCUT2D eigenvalue weighted by molar-refractivity contribution is 5.93. The van der Waals surface area contributed by atoms with E-state index in [9.17, 15) is 14.4 Å². The molecule has 0 radical (unpaired) electrons. The van der Waals surface area contributed by atoms with Crippen LogP contribution in [0.3, 0.4) is 0 Å². The maximum absolute atomic E-state index is 12.2. The molecule has 6 heteroatoms. The van der Waals surface area contributed by atoms with E-state index in [1.54, 1.807) is 0 Å². The Bertz CT molecular complexity index is 609. The fraction of sp³-hybridized carbons (Fsp3) is 0.562. The quantitative estimate of drug-likeness (QED) is 0.867. The average molecular weight is 305 g/mol. The van der Waals surface area contributed by atoms with E-state index in [1.807, 2.05) is 0 Å². The molecule has 0 aliphatic heterocycles. The van der Waals surface area contributed by atoms with Crippen molar-refractivity contribution in [2.45, 2.75) is 45.2 Å². The number of carbonyl (C=O) groups excluding carboxylic acids is 2. The summed E-state index contributed by atoms with van der Waals surface area (Å²) in [5, 5.41) is 5.51. The van der Waals surface area contributed by atoms with Crippen molar-refractivity contribution < 1.29 is 9.59 Å². The first-order valence-electron chi connectivity index (χ1n) is 7.73. The van der Waals surface area contributed by atoms with Gasteiger partial charge in [0, 0.05) is 25.4 Å². The molecule has 0 saturated heterocycles. The van der Waals surface area contributed by atoms with E-state index in [4.69, 9.17) is 0 Å². The summed E-state index contributed by atoms with van der Waals surface area (Å²) in [6.07, 6.45) is 5.87. The van der Waals surface area contributed by atoms with E-state index >= 15 is 0 Å². The summed E-state index contributed by atoms with van der Waals surface area (Å²) >= 11 is 0. The molecule has 1 fully saturated rings. The van der Waals surface area contributed by atoms with Crippen LogP contribution < -0.4 is 16.2 Å². The minimum absolute atomic E-state index is 0.0626. The summed E-state index contributed by atoms with van der Waals surface area (Å²) in [6, 6.07) is 2.94. The molecule has 6 nitrogen and oxygen atoms in total. The highest BCUT2D eigenvalue weighted by Gasteiger charge is 2.22. The first kappa shape index (κ1) is 16.3. The van der Waals surface area contributed by atoms with Gasteiger partial charge >= 0.3 is 0 Å². The van der Waals surface area contributed by atoms with Crippen molar-refractivity contribution in [1.82, 2.24) is 15.2 Å². The first-order chi connectivity index (χ1) is 10.5. The number of rotatable bonds is 4. The Morgan fingerprint density at radius 2 is 2.00 bits per heavy atom. The average Bonchev–Trinajstić information content (AvgIpc) is 2.51. The van der Waals surface area contributed by atoms with Crippen LogP contribution in [0.2, 0.25) is 0 Å². The highest BCUT2D eigenvalue weighted by atomic mass is 16.2. The van der Waals surface area contributed by atoms with E-state index in [0.717, 1.165) is 19.3 Å². The molecule has 1 heterocycles. The van der Waals surface area contributed by atoms with Crippen LogP contribution in [-0.4, -0.2) is 29.5 Å². The Morgan fingerprint density at radius 1 is 1.27 bits per heavy atom. The zero-order chi connectivity index (χ0) is 16.1. The number of pyridine rings is 1. The van der Waals surface area contributed by atoms with E-state index in [2.05, 4.69) is 17.6 Å². The molecule has 2 amide bonds. The third-order valence-electron chi connectivity index (χ3n) is 4.24. The third kappa shape index (κ3) is 3.96. The van der Waals surface area contributed by atoms with Gasteiger partial charge in [-0.2, -0.15) is 0 Å². The van der Waals surface area contributed by atoms with Crippen molar-refractivity contribution in [2.24, 2.45) is 5.92 Å². The summed E-state index contributed by atoms with van der Waals surface area (Å²) in [5.74, 6) is -0.00315. The van der Waals surface area contributed by atoms with Gasteiger partial charge in [0.2, 0.25) is 5.91 Å². The van der Waals surface area contributed by atoms with Gasteiger partial charge in [0.1, 0.15) is 6.54 Å². The predicted molar refractivity (Wildman–Crippen MR) is 83.7 cm³/mol. The molecular formula is C16H23N3O3. The molecule has 0 spiro atoms. The van der Waals surface area contributed by atoms with Crippen LogP contribution in [0, 0.1) is 5.92 Å². The SMILES string of the molecule is CNC(=O)c1ccc(=O)n(CC(=O)NC2CCCCC2C)c1. The van der Waals surface area contributed by atoms with E-state index < -0.39 is 0 Å². The van der Waals surface area contributed by atoms with Crippen LogP contribution in [0.4, 0.5) is 0 Å². The molecule has 0 bridgehead atoms. The standard InChI is InChI=1S/C16H23N3O3/c1-11-5-3-4-6-13(11)18-14(20)10-19-9-12(16(22)17-2)7-8-15(19)21/h7-9,11,13H,3-6,10H2,1-2H3,(H,17,22)(H,18,20). The Morgan fingerprint density at radius 3 is 2.68 bits per heavy atom. The van der Waals surface area contributed by atoms with E-state index in [1.165, 1.54) is 36.4 Å². The van der Waals surface area contributed by atoms with Crippen molar-refractivity contribution in [3.8, 4) is 0 Å². The van der Waals surface area contributed by atoms with E-state index in [-0.39, 0.29) is 30.0 Å². The number of hydrogen-bond acceptors (Lipinski definition) is 3. The van der Waals surface area contributed by atoms with Crippen molar-refractivity contribution in [3.05, 3.63) is 34.2 Å². The molecule has 2 rings (SSSR count). The van der Waals surface area contributed by atoms with Crippen molar-refractivity contribution in [3.63, 3.8) is 0 Å². The fourth-order valence-corrected chi connectivity index (χ4v) is 2.87. The summed E-state index contributed by atoms with van der Waals surface area (Å²) in [6.45, 7) is 2.08. The number of amides is 2. The number of hydrogen-bond donors (Lipinski definition) is 2. The van der Waals surface area contributed by atoms with Gasteiger partial charge < -0.3 is 15.2 Å². The van der Waals surface area contributed by atoms with Gasteiger partial charge in [0.15, 0.2) is 0 Å². The molecule has 1 aromatic heterocycles. The van der Waals surface area contributed by atoms with Gasteiger partial charge in [-0.3, -0.25) is 14.4 Å². The van der Waals surface area contributed by atoms with Crippen LogP contribution in [0.25, 0.3) is 0 Å².